The van der Waals surface area contributed by atoms with Crippen molar-refractivity contribution in [2.75, 3.05) is 19.6 Å². The maximum absolute atomic E-state index is 9.16. The first-order chi connectivity index (χ1) is 15.5. The van der Waals surface area contributed by atoms with E-state index >= 15 is 0 Å². The Morgan fingerprint density at radius 3 is 2.84 bits per heavy atom. The van der Waals surface area contributed by atoms with Crippen molar-refractivity contribution in [2.24, 2.45) is 25.7 Å². The molecule has 10 nitrogen and oxygen atoms in total. The zero-order valence-corrected chi connectivity index (χ0v) is 18.5. The summed E-state index contributed by atoms with van der Waals surface area (Å²) in [5.41, 5.74) is 7.54. The van der Waals surface area contributed by atoms with Gasteiger partial charge in [-0.3, -0.25) is 15.0 Å². The minimum atomic E-state index is -0.124. The topological polar surface area (TPSA) is 142 Å². The summed E-state index contributed by atoms with van der Waals surface area (Å²) in [6.45, 7) is 12.7. The summed E-state index contributed by atoms with van der Waals surface area (Å²) in [6.07, 6.45) is 11.1. The Balaban J connectivity index is 2.37. The molecule has 2 rings (SSSR count). The van der Waals surface area contributed by atoms with Crippen LogP contribution in [0.4, 0.5) is 0 Å². The molecular weight excluding hydrogens is 404 g/mol. The third kappa shape index (κ3) is 6.09. The summed E-state index contributed by atoms with van der Waals surface area (Å²) in [5, 5.41) is 20.4. The zero-order chi connectivity index (χ0) is 23.5. The van der Waals surface area contributed by atoms with Crippen LogP contribution >= 0.6 is 0 Å². The van der Waals surface area contributed by atoms with Gasteiger partial charge in [0.15, 0.2) is 5.70 Å². The third-order valence-corrected chi connectivity index (χ3v) is 5.16. The van der Waals surface area contributed by atoms with Crippen LogP contribution in [0.5, 0.6) is 0 Å². The first-order valence-electron chi connectivity index (χ1n) is 10.2. The van der Waals surface area contributed by atoms with E-state index in [-0.39, 0.29) is 18.1 Å². The Bertz CT molecular complexity index is 931. The first-order valence-corrected chi connectivity index (χ1v) is 10.2. The van der Waals surface area contributed by atoms with Gasteiger partial charge in [0.25, 0.3) is 0 Å². The van der Waals surface area contributed by atoms with Gasteiger partial charge in [-0.2, -0.15) is 5.26 Å². The number of aliphatic imine (C=N–C) groups is 4. The molecule has 0 aromatic rings. The lowest BCUT2D eigenvalue weighted by Gasteiger charge is -2.44. The van der Waals surface area contributed by atoms with E-state index in [9.17, 15) is 0 Å². The van der Waals surface area contributed by atoms with Crippen LogP contribution in [0.15, 0.2) is 67.8 Å². The number of piperazine rings is 1. The van der Waals surface area contributed by atoms with E-state index in [0.29, 0.717) is 30.9 Å². The third-order valence-electron chi connectivity index (χ3n) is 5.16. The van der Waals surface area contributed by atoms with Gasteiger partial charge in [-0.25, -0.2) is 4.99 Å². The van der Waals surface area contributed by atoms with Gasteiger partial charge in [0.2, 0.25) is 0 Å². The lowest BCUT2D eigenvalue weighted by atomic mass is 9.95. The Morgan fingerprint density at radius 2 is 2.22 bits per heavy atom. The number of nitrogens with one attached hydrogen (secondary N) is 2. The van der Waals surface area contributed by atoms with Crippen LogP contribution in [0.3, 0.4) is 0 Å². The Labute approximate surface area is 189 Å². The van der Waals surface area contributed by atoms with Gasteiger partial charge in [0.05, 0.1) is 24.8 Å². The second-order valence-corrected chi connectivity index (χ2v) is 7.32. The molecule has 0 aromatic carbocycles. The molecule has 0 saturated carbocycles. The Morgan fingerprint density at radius 1 is 1.44 bits per heavy atom. The summed E-state index contributed by atoms with van der Waals surface area (Å²) in [5.74, 6) is 0.717. The minimum Gasteiger partial charge on any atom is -0.404 e. The molecule has 32 heavy (non-hydrogen) atoms. The molecule has 4 N–H and O–H groups in total. The molecule has 0 radical (unpaired) electrons. The molecule has 0 aromatic heterocycles. The molecule has 1 fully saturated rings. The molecular formula is C22H30N10. The molecule has 1 saturated heterocycles. The largest absolute Gasteiger partial charge is 0.404 e. The fraction of sp³-hybridized carbons (Fsp3) is 0.364. The molecule has 168 valence electrons. The molecule has 2 aliphatic heterocycles. The smallest absolute Gasteiger partial charge is 0.156 e. The van der Waals surface area contributed by atoms with E-state index in [1.807, 2.05) is 17.0 Å². The van der Waals surface area contributed by atoms with Crippen LogP contribution in [0.1, 0.15) is 13.8 Å². The van der Waals surface area contributed by atoms with Gasteiger partial charge in [-0.05, 0) is 33.4 Å². The van der Waals surface area contributed by atoms with E-state index in [2.05, 4.69) is 52.5 Å². The Kier molecular flexibility index (Phi) is 9.25. The second kappa shape index (κ2) is 12.1. The van der Waals surface area contributed by atoms with Crippen molar-refractivity contribution < 1.29 is 0 Å². The lowest BCUT2D eigenvalue weighted by Crippen LogP contribution is -2.62. The molecule has 2 aliphatic rings. The van der Waals surface area contributed by atoms with Crippen molar-refractivity contribution in [3.63, 3.8) is 0 Å². The fourth-order valence-electron chi connectivity index (χ4n) is 3.61. The molecule has 2 heterocycles. The second-order valence-electron chi connectivity index (χ2n) is 7.32. The van der Waals surface area contributed by atoms with Crippen molar-refractivity contribution >= 4 is 31.7 Å². The number of allylic oxidation sites excluding steroid dienone is 1. The maximum atomic E-state index is 9.16. The standard InChI is InChI=1S/C22H30N10/c1-16-14-32(17(2)22(30-16)18(9-23)10-24)21(5-6-26-3)29-13-20(12-27-4)31-8-7-28-19(11-25)15-31/h5-7,9-10,12,15-17,22-23,30H,3-4,8,13-14,24H2,1-2H3/b6-5-,18-10+,20-12-,23-9?,29-21+. The van der Waals surface area contributed by atoms with Crippen LogP contribution in [-0.4, -0.2) is 79.3 Å². The van der Waals surface area contributed by atoms with Crippen molar-refractivity contribution in [3.8, 4) is 6.07 Å². The highest BCUT2D eigenvalue weighted by molar-refractivity contribution is 5.93. The number of amidine groups is 1. The van der Waals surface area contributed by atoms with Gasteiger partial charge in [0.1, 0.15) is 11.9 Å². The molecule has 0 bridgehead atoms. The summed E-state index contributed by atoms with van der Waals surface area (Å²) in [6, 6.07) is 2.04. The summed E-state index contributed by atoms with van der Waals surface area (Å²) < 4.78 is 0. The molecule has 3 atom stereocenters. The van der Waals surface area contributed by atoms with Crippen LogP contribution in [-0.2, 0) is 0 Å². The van der Waals surface area contributed by atoms with E-state index in [1.54, 1.807) is 24.8 Å². The fourth-order valence-corrected chi connectivity index (χ4v) is 3.61. The van der Waals surface area contributed by atoms with Crippen LogP contribution in [0.25, 0.3) is 0 Å². The maximum Gasteiger partial charge on any atom is 0.156 e. The minimum absolute atomic E-state index is 0.0204. The van der Waals surface area contributed by atoms with Crippen LogP contribution in [0.2, 0.25) is 0 Å². The molecule has 0 spiro atoms. The van der Waals surface area contributed by atoms with Gasteiger partial charge in [-0.15, -0.1) is 0 Å². The van der Waals surface area contributed by atoms with Gasteiger partial charge in [0, 0.05) is 61.4 Å². The highest BCUT2D eigenvalue weighted by Crippen LogP contribution is 2.20. The Hall–Kier alpha value is -3.84. The predicted octanol–water partition coefficient (Wildman–Crippen LogP) is 1.44. The summed E-state index contributed by atoms with van der Waals surface area (Å²) >= 11 is 0. The molecule has 0 amide bonds. The van der Waals surface area contributed by atoms with Crippen molar-refractivity contribution in [3.05, 3.63) is 47.8 Å². The summed E-state index contributed by atoms with van der Waals surface area (Å²) in [7, 11) is 0. The molecule has 10 heteroatoms. The number of rotatable bonds is 8. The van der Waals surface area contributed by atoms with Crippen LogP contribution in [0, 0.1) is 16.7 Å². The highest BCUT2D eigenvalue weighted by atomic mass is 15.3. The number of nitrogens with two attached hydrogens (primary N) is 1. The van der Waals surface area contributed by atoms with Crippen molar-refractivity contribution in [1.82, 2.24) is 15.1 Å². The molecule has 0 aliphatic carbocycles. The number of nitriles is 1. The van der Waals surface area contributed by atoms with E-state index in [1.165, 1.54) is 12.4 Å². The number of nitrogens with zero attached hydrogens (tertiary/aromatic N) is 7. The van der Waals surface area contributed by atoms with Gasteiger partial charge in [-0.1, -0.05) is 0 Å². The van der Waals surface area contributed by atoms with Gasteiger partial charge >= 0.3 is 0 Å². The summed E-state index contributed by atoms with van der Waals surface area (Å²) in [4.78, 5) is 20.7. The first kappa shape index (κ1) is 24.4. The SMILES string of the molecule is C=N/C=C\C(=N/C/C(=C/N=C)N1C=C(C#N)N=CC1)N1CC(C)NC(/C(C=N)=C/N)C1C. The normalized spacial score (nSPS) is 24.8. The molecule has 3 unspecified atom stereocenters. The van der Waals surface area contributed by atoms with Crippen molar-refractivity contribution in [1.29, 1.82) is 10.7 Å². The predicted molar refractivity (Wildman–Crippen MR) is 131 cm³/mol. The zero-order valence-electron chi connectivity index (χ0n) is 18.5. The average Bonchev–Trinajstić information content (AvgIpc) is 2.81. The van der Waals surface area contributed by atoms with Gasteiger partial charge < -0.3 is 26.3 Å². The van der Waals surface area contributed by atoms with E-state index in [0.717, 1.165) is 11.5 Å². The highest BCUT2D eigenvalue weighted by Gasteiger charge is 2.34. The monoisotopic (exact) mass is 434 g/mol. The number of hydrogen-bond acceptors (Lipinski definition) is 9. The quantitative estimate of drug-likeness (QED) is 0.391. The van der Waals surface area contributed by atoms with E-state index < -0.39 is 0 Å². The lowest BCUT2D eigenvalue weighted by molar-refractivity contribution is 0.198. The van der Waals surface area contributed by atoms with Crippen molar-refractivity contribution in [2.45, 2.75) is 32.0 Å². The average molecular weight is 435 g/mol. The van der Waals surface area contributed by atoms with Crippen LogP contribution < -0.4 is 11.1 Å². The van der Waals surface area contributed by atoms with E-state index in [4.69, 9.17) is 21.4 Å². The number of hydrogen-bond donors (Lipinski definition) is 3.